The van der Waals surface area contributed by atoms with E-state index in [1.807, 2.05) is 23.2 Å². The van der Waals surface area contributed by atoms with Crippen LogP contribution in [0.25, 0.3) is 21.1 Å². The summed E-state index contributed by atoms with van der Waals surface area (Å²) in [5.74, 6) is -0.471. The Balaban J connectivity index is 1.16. The second kappa shape index (κ2) is 9.23. The summed E-state index contributed by atoms with van der Waals surface area (Å²) in [4.78, 5) is 34.2. The molecule has 3 heterocycles. The Morgan fingerprint density at radius 1 is 0.939 bits per heavy atom. The third-order valence-corrected chi connectivity index (χ3v) is 7.01. The SMILES string of the molecule is O=C(NN1CCC(C(=O)Nc2nc3cc(Cl)ccc3s2)CC1)c1ccc2cc(Cl)ccc2n1. The van der Waals surface area contributed by atoms with Gasteiger partial charge in [-0.3, -0.25) is 15.0 Å². The second-order valence-corrected chi connectivity index (χ2v) is 9.76. The van der Waals surface area contributed by atoms with Gasteiger partial charge in [-0.15, -0.1) is 0 Å². The maximum atomic E-state index is 12.7. The van der Waals surface area contributed by atoms with Gasteiger partial charge >= 0.3 is 0 Å². The maximum absolute atomic E-state index is 12.7. The molecule has 0 bridgehead atoms. The number of rotatable bonds is 4. The van der Waals surface area contributed by atoms with Crippen LogP contribution in [0.1, 0.15) is 23.3 Å². The lowest BCUT2D eigenvalue weighted by Gasteiger charge is -2.31. The number of anilines is 1. The van der Waals surface area contributed by atoms with Gasteiger partial charge in [-0.1, -0.05) is 40.6 Å². The van der Waals surface area contributed by atoms with Crippen LogP contribution in [0.4, 0.5) is 5.13 Å². The van der Waals surface area contributed by atoms with Gasteiger partial charge in [-0.05, 0) is 55.3 Å². The number of piperidine rings is 1. The summed E-state index contributed by atoms with van der Waals surface area (Å²) in [5.41, 5.74) is 4.71. The van der Waals surface area contributed by atoms with Gasteiger partial charge in [0.05, 0.1) is 15.7 Å². The fourth-order valence-electron chi connectivity index (χ4n) is 3.84. The first-order valence-electron chi connectivity index (χ1n) is 10.4. The normalized spacial score (nSPS) is 15.1. The standard InChI is InChI=1S/C23H19Cl2N5O2S/c24-15-2-5-17-14(11-15)1-4-18(26-17)22(32)29-30-9-7-13(8-10-30)21(31)28-23-27-19-12-16(25)3-6-20(19)33-23/h1-6,11-13H,7-10H2,(H,29,32)(H,27,28,31). The van der Waals surface area contributed by atoms with Crippen molar-refractivity contribution in [1.82, 2.24) is 20.4 Å². The number of hydrogen-bond acceptors (Lipinski definition) is 6. The lowest BCUT2D eigenvalue weighted by Crippen LogP contribution is -2.48. The molecule has 0 aliphatic carbocycles. The van der Waals surface area contributed by atoms with Crippen LogP contribution in [0, 0.1) is 5.92 Å². The van der Waals surface area contributed by atoms with Gasteiger partial charge in [0.25, 0.3) is 5.91 Å². The monoisotopic (exact) mass is 499 g/mol. The van der Waals surface area contributed by atoms with Gasteiger partial charge in [-0.25, -0.2) is 15.0 Å². The molecular formula is C23H19Cl2N5O2S. The van der Waals surface area contributed by atoms with E-state index < -0.39 is 0 Å². The fraction of sp³-hybridized carbons (Fsp3) is 0.217. The highest BCUT2D eigenvalue weighted by Crippen LogP contribution is 2.29. The van der Waals surface area contributed by atoms with Crippen LogP contribution in [0.5, 0.6) is 0 Å². The topological polar surface area (TPSA) is 87.2 Å². The van der Waals surface area contributed by atoms with Gasteiger partial charge in [0, 0.05) is 34.4 Å². The first-order valence-corrected chi connectivity index (χ1v) is 12.0. The van der Waals surface area contributed by atoms with Crippen LogP contribution in [0.15, 0.2) is 48.5 Å². The zero-order chi connectivity index (χ0) is 22.9. The Labute approximate surface area is 203 Å². The number of amides is 2. The van der Waals surface area contributed by atoms with Gasteiger partial charge in [0.15, 0.2) is 5.13 Å². The van der Waals surface area contributed by atoms with E-state index in [0.29, 0.717) is 52.3 Å². The van der Waals surface area contributed by atoms with E-state index in [9.17, 15) is 9.59 Å². The van der Waals surface area contributed by atoms with Gasteiger partial charge < -0.3 is 5.32 Å². The Bertz CT molecular complexity index is 1370. The van der Waals surface area contributed by atoms with Crippen molar-refractivity contribution in [2.24, 2.45) is 5.92 Å². The van der Waals surface area contributed by atoms with Crippen LogP contribution >= 0.6 is 34.5 Å². The van der Waals surface area contributed by atoms with Crippen molar-refractivity contribution >= 4 is 72.6 Å². The molecule has 2 N–H and O–H groups in total. The number of halogens is 2. The predicted octanol–water partition coefficient (Wildman–Crippen LogP) is 5.15. The number of nitrogens with zero attached hydrogens (tertiary/aromatic N) is 3. The number of aromatic nitrogens is 2. The Morgan fingerprint density at radius 3 is 2.52 bits per heavy atom. The summed E-state index contributed by atoms with van der Waals surface area (Å²) in [6.45, 7) is 1.14. The first-order chi connectivity index (χ1) is 15.9. The van der Waals surface area contributed by atoms with Crippen LogP contribution in [-0.2, 0) is 4.79 Å². The predicted molar refractivity (Wildman–Crippen MR) is 132 cm³/mol. The molecule has 0 spiro atoms. The fourth-order valence-corrected chi connectivity index (χ4v) is 5.03. The summed E-state index contributed by atoms with van der Waals surface area (Å²) in [7, 11) is 0. The summed E-state index contributed by atoms with van der Waals surface area (Å²) < 4.78 is 0.970. The minimum absolute atomic E-state index is 0.0546. The number of thiazole rings is 1. The zero-order valence-electron chi connectivity index (χ0n) is 17.3. The van der Waals surface area contributed by atoms with Crippen molar-refractivity contribution in [3.63, 3.8) is 0 Å². The van der Waals surface area contributed by atoms with E-state index in [4.69, 9.17) is 23.2 Å². The molecular weight excluding hydrogens is 481 g/mol. The van der Waals surface area contributed by atoms with Crippen molar-refractivity contribution in [2.75, 3.05) is 18.4 Å². The molecule has 2 aromatic carbocycles. The minimum atomic E-state index is -0.275. The molecule has 1 aliphatic heterocycles. The molecule has 2 aromatic heterocycles. The minimum Gasteiger partial charge on any atom is -0.302 e. The average Bonchev–Trinajstić information content (AvgIpc) is 3.20. The number of fused-ring (bicyclic) bond motifs is 2. The highest BCUT2D eigenvalue weighted by atomic mass is 35.5. The lowest BCUT2D eigenvalue weighted by molar-refractivity contribution is -0.121. The molecule has 4 aromatic rings. The van der Waals surface area contributed by atoms with Crippen molar-refractivity contribution < 1.29 is 9.59 Å². The number of hydrogen-bond donors (Lipinski definition) is 2. The highest BCUT2D eigenvalue weighted by molar-refractivity contribution is 7.22. The molecule has 1 aliphatic rings. The third-order valence-electron chi connectivity index (χ3n) is 5.59. The third kappa shape index (κ3) is 4.94. The van der Waals surface area contributed by atoms with Crippen LogP contribution < -0.4 is 10.7 Å². The Hall–Kier alpha value is -2.78. The summed E-state index contributed by atoms with van der Waals surface area (Å²) in [5, 5.41) is 7.44. The summed E-state index contributed by atoms with van der Waals surface area (Å²) >= 11 is 13.4. The molecule has 168 valence electrons. The molecule has 33 heavy (non-hydrogen) atoms. The van der Waals surface area contributed by atoms with Crippen molar-refractivity contribution in [3.8, 4) is 0 Å². The zero-order valence-corrected chi connectivity index (χ0v) is 19.7. The van der Waals surface area contributed by atoms with Gasteiger partial charge in [0.2, 0.25) is 5.91 Å². The quantitative estimate of drug-likeness (QED) is 0.405. The van der Waals surface area contributed by atoms with E-state index in [1.165, 1.54) is 11.3 Å². The molecule has 5 rings (SSSR count). The smallest absolute Gasteiger partial charge is 0.284 e. The Kier molecular flexibility index (Phi) is 6.16. The molecule has 1 saturated heterocycles. The molecule has 7 nitrogen and oxygen atoms in total. The van der Waals surface area contributed by atoms with Crippen LogP contribution in [0.3, 0.4) is 0 Å². The maximum Gasteiger partial charge on any atom is 0.284 e. The summed E-state index contributed by atoms with van der Waals surface area (Å²) in [6, 6.07) is 14.3. The molecule has 0 saturated carbocycles. The summed E-state index contributed by atoms with van der Waals surface area (Å²) in [6.07, 6.45) is 1.26. The number of hydrazine groups is 1. The van der Waals surface area contributed by atoms with Crippen LogP contribution in [-0.4, -0.2) is 39.9 Å². The molecule has 10 heteroatoms. The van der Waals surface area contributed by atoms with E-state index in [2.05, 4.69) is 20.7 Å². The number of carbonyl (C=O) groups is 2. The highest BCUT2D eigenvalue weighted by Gasteiger charge is 2.27. The largest absolute Gasteiger partial charge is 0.302 e. The van der Waals surface area contributed by atoms with Gasteiger partial charge in [-0.2, -0.15) is 0 Å². The molecule has 0 radical (unpaired) electrons. The van der Waals surface area contributed by atoms with Crippen molar-refractivity contribution in [2.45, 2.75) is 12.8 Å². The Morgan fingerprint density at radius 2 is 1.70 bits per heavy atom. The molecule has 0 atom stereocenters. The van der Waals surface area contributed by atoms with Crippen molar-refractivity contribution in [1.29, 1.82) is 0 Å². The van der Waals surface area contributed by atoms with E-state index in [1.54, 1.807) is 30.3 Å². The van der Waals surface area contributed by atoms with Crippen molar-refractivity contribution in [3.05, 3.63) is 64.3 Å². The average molecular weight is 500 g/mol. The number of benzene rings is 2. The number of carbonyl (C=O) groups excluding carboxylic acids is 2. The van der Waals surface area contributed by atoms with E-state index >= 15 is 0 Å². The second-order valence-electron chi connectivity index (χ2n) is 7.86. The molecule has 0 unspecified atom stereocenters. The first kappa shape index (κ1) is 22.0. The lowest BCUT2D eigenvalue weighted by atomic mass is 9.97. The molecule has 2 amide bonds. The number of pyridine rings is 1. The number of nitrogens with one attached hydrogen (secondary N) is 2. The molecule has 1 fully saturated rings. The van der Waals surface area contributed by atoms with E-state index in [0.717, 1.165) is 15.6 Å². The van der Waals surface area contributed by atoms with Gasteiger partial charge in [0.1, 0.15) is 5.69 Å². The van der Waals surface area contributed by atoms with Crippen LogP contribution in [0.2, 0.25) is 10.0 Å². The van der Waals surface area contributed by atoms with E-state index in [-0.39, 0.29) is 17.7 Å².